The molecule has 15 heavy (non-hydrogen) atoms. The fourth-order valence-corrected chi connectivity index (χ4v) is 3.15. The van der Waals surface area contributed by atoms with E-state index >= 15 is 0 Å². The predicted molar refractivity (Wildman–Crippen MR) is 63.6 cm³/mol. The van der Waals surface area contributed by atoms with Gasteiger partial charge in [0.25, 0.3) is 5.56 Å². The smallest absolute Gasteiger partial charge is 0.268 e. The second kappa shape index (κ2) is 3.29. The van der Waals surface area contributed by atoms with Crippen LogP contribution in [0.3, 0.4) is 0 Å². The molecule has 0 radical (unpaired) electrons. The van der Waals surface area contributed by atoms with Crippen LogP contribution in [-0.2, 0) is 0 Å². The number of thiophene rings is 2. The average Bonchev–Trinajstić information content (AvgIpc) is 2.86. The maximum absolute atomic E-state index is 11.5. The molecule has 3 heterocycles. The molecule has 0 aliphatic heterocycles. The third-order valence-corrected chi connectivity index (χ3v) is 3.98. The van der Waals surface area contributed by atoms with Crippen LogP contribution in [0.25, 0.3) is 20.7 Å². The lowest BCUT2D eigenvalue weighted by atomic mass is 10.3. The first-order valence-electron chi connectivity index (χ1n) is 4.34. The molecule has 3 rings (SSSR count). The lowest BCUT2D eigenvalue weighted by Crippen LogP contribution is -2.02. The van der Waals surface area contributed by atoms with Gasteiger partial charge in [0.1, 0.15) is 4.70 Å². The zero-order valence-corrected chi connectivity index (χ0v) is 9.19. The summed E-state index contributed by atoms with van der Waals surface area (Å²) in [6, 6.07) is 4.00. The molecular formula is C10H6N2OS2. The Balaban J connectivity index is 2.32. The third kappa shape index (κ3) is 1.40. The van der Waals surface area contributed by atoms with Gasteiger partial charge in [-0.05, 0) is 22.9 Å². The SMILES string of the molecule is O=c1[nH]cnc2cc(-c3ccsc3)sc12. The maximum Gasteiger partial charge on any atom is 0.268 e. The number of nitrogens with zero attached hydrogens (tertiary/aromatic N) is 1. The molecule has 0 bridgehead atoms. The molecule has 0 spiro atoms. The van der Waals surface area contributed by atoms with E-state index in [1.807, 2.05) is 17.5 Å². The van der Waals surface area contributed by atoms with E-state index in [4.69, 9.17) is 0 Å². The number of aromatic nitrogens is 2. The second-order valence-electron chi connectivity index (χ2n) is 3.07. The van der Waals surface area contributed by atoms with Crippen molar-refractivity contribution >= 4 is 32.9 Å². The van der Waals surface area contributed by atoms with Crippen molar-refractivity contribution in [1.29, 1.82) is 0 Å². The molecule has 0 aliphatic rings. The number of fused-ring (bicyclic) bond motifs is 1. The van der Waals surface area contributed by atoms with E-state index in [1.165, 1.54) is 17.7 Å². The highest BCUT2D eigenvalue weighted by molar-refractivity contribution is 7.22. The van der Waals surface area contributed by atoms with Crippen LogP contribution in [0.15, 0.2) is 34.0 Å². The molecule has 74 valence electrons. The molecule has 0 fully saturated rings. The van der Waals surface area contributed by atoms with Crippen LogP contribution in [0.5, 0.6) is 0 Å². The number of aromatic amines is 1. The van der Waals surface area contributed by atoms with Gasteiger partial charge in [-0.3, -0.25) is 4.79 Å². The van der Waals surface area contributed by atoms with Crippen LogP contribution in [-0.4, -0.2) is 9.97 Å². The maximum atomic E-state index is 11.5. The first-order valence-corrected chi connectivity index (χ1v) is 6.10. The molecule has 0 aliphatic carbocycles. The van der Waals surface area contributed by atoms with Gasteiger partial charge in [0, 0.05) is 10.4 Å². The summed E-state index contributed by atoms with van der Waals surface area (Å²) in [6.07, 6.45) is 1.44. The highest BCUT2D eigenvalue weighted by atomic mass is 32.1. The number of nitrogens with one attached hydrogen (secondary N) is 1. The van der Waals surface area contributed by atoms with Gasteiger partial charge in [0.15, 0.2) is 0 Å². The van der Waals surface area contributed by atoms with E-state index < -0.39 is 0 Å². The van der Waals surface area contributed by atoms with Crippen molar-refractivity contribution in [3.05, 3.63) is 39.6 Å². The average molecular weight is 234 g/mol. The van der Waals surface area contributed by atoms with Crippen molar-refractivity contribution in [2.45, 2.75) is 0 Å². The van der Waals surface area contributed by atoms with Crippen LogP contribution in [0.2, 0.25) is 0 Å². The van der Waals surface area contributed by atoms with Crippen LogP contribution in [0, 0.1) is 0 Å². The molecule has 3 nitrogen and oxygen atoms in total. The summed E-state index contributed by atoms with van der Waals surface area (Å²) in [5.74, 6) is 0. The molecule has 0 atom stereocenters. The lowest BCUT2D eigenvalue weighted by Gasteiger charge is -1.85. The normalized spacial score (nSPS) is 10.9. The third-order valence-electron chi connectivity index (χ3n) is 2.12. The van der Waals surface area contributed by atoms with Crippen molar-refractivity contribution in [3.8, 4) is 10.4 Å². The standard InChI is InChI=1S/C10H6N2OS2/c13-10-9-7(11-5-12-10)3-8(15-9)6-1-2-14-4-6/h1-5H,(H,11,12,13). The monoisotopic (exact) mass is 234 g/mol. The van der Waals surface area contributed by atoms with E-state index in [0.717, 1.165) is 16.0 Å². The Morgan fingerprint density at radius 1 is 1.40 bits per heavy atom. The van der Waals surface area contributed by atoms with Crippen molar-refractivity contribution < 1.29 is 0 Å². The Labute approximate surface area is 93.1 Å². The zero-order chi connectivity index (χ0) is 10.3. The van der Waals surface area contributed by atoms with Gasteiger partial charge in [0.05, 0.1) is 11.8 Å². The first kappa shape index (κ1) is 8.82. The summed E-state index contributed by atoms with van der Waals surface area (Å²) in [7, 11) is 0. The Bertz CT molecular complexity index is 651. The molecule has 0 unspecified atom stereocenters. The number of hydrogen-bond donors (Lipinski definition) is 1. The summed E-state index contributed by atoms with van der Waals surface area (Å²) >= 11 is 3.13. The predicted octanol–water partition coefficient (Wildman–Crippen LogP) is 2.71. The van der Waals surface area contributed by atoms with E-state index in [-0.39, 0.29) is 5.56 Å². The molecule has 3 aromatic rings. The van der Waals surface area contributed by atoms with Crippen LogP contribution >= 0.6 is 22.7 Å². The summed E-state index contributed by atoms with van der Waals surface area (Å²) in [4.78, 5) is 19.3. The highest BCUT2D eigenvalue weighted by Crippen LogP contribution is 2.31. The fraction of sp³-hybridized carbons (Fsp3) is 0. The molecule has 0 amide bonds. The van der Waals surface area contributed by atoms with Gasteiger partial charge < -0.3 is 4.98 Å². The summed E-state index contributed by atoms with van der Waals surface area (Å²) in [5, 5.41) is 4.09. The Morgan fingerprint density at radius 2 is 2.33 bits per heavy atom. The van der Waals surface area contributed by atoms with Crippen molar-refractivity contribution in [2.75, 3.05) is 0 Å². The van der Waals surface area contributed by atoms with E-state index in [2.05, 4.69) is 15.3 Å². The van der Waals surface area contributed by atoms with Crippen LogP contribution in [0.4, 0.5) is 0 Å². The summed E-state index contributed by atoms with van der Waals surface area (Å²) in [5.41, 5.74) is 1.86. The molecule has 0 aromatic carbocycles. The minimum absolute atomic E-state index is 0.0634. The minimum atomic E-state index is -0.0634. The number of H-pyrrole nitrogens is 1. The molecule has 0 saturated carbocycles. The Morgan fingerprint density at radius 3 is 3.07 bits per heavy atom. The van der Waals surface area contributed by atoms with Crippen LogP contribution < -0.4 is 5.56 Å². The molecule has 1 N–H and O–H groups in total. The van der Waals surface area contributed by atoms with Crippen molar-refractivity contribution in [1.82, 2.24) is 9.97 Å². The molecule has 0 saturated heterocycles. The van der Waals surface area contributed by atoms with Crippen LogP contribution in [0.1, 0.15) is 0 Å². The van der Waals surface area contributed by atoms with Gasteiger partial charge in [-0.2, -0.15) is 11.3 Å². The van der Waals surface area contributed by atoms with Gasteiger partial charge in [-0.15, -0.1) is 11.3 Å². The summed E-state index contributed by atoms with van der Waals surface area (Å²) in [6.45, 7) is 0. The number of rotatable bonds is 1. The fourth-order valence-electron chi connectivity index (χ4n) is 1.41. The topological polar surface area (TPSA) is 45.8 Å². The highest BCUT2D eigenvalue weighted by Gasteiger charge is 2.07. The van der Waals surface area contributed by atoms with Gasteiger partial charge in [-0.25, -0.2) is 4.98 Å². The Kier molecular flexibility index (Phi) is 1.93. The molecule has 5 heteroatoms. The van der Waals surface area contributed by atoms with E-state index in [9.17, 15) is 4.79 Å². The number of hydrogen-bond acceptors (Lipinski definition) is 4. The largest absolute Gasteiger partial charge is 0.312 e. The molecule has 3 aromatic heterocycles. The molecular weight excluding hydrogens is 228 g/mol. The van der Waals surface area contributed by atoms with E-state index in [0.29, 0.717) is 4.70 Å². The first-order chi connectivity index (χ1) is 7.34. The zero-order valence-electron chi connectivity index (χ0n) is 7.56. The van der Waals surface area contributed by atoms with Crippen molar-refractivity contribution in [3.63, 3.8) is 0 Å². The lowest BCUT2D eigenvalue weighted by molar-refractivity contribution is 1.18. The van der Waals surface area contributed by atoms with Gasteiger partial charge in [0.2, 0.25) is 0 Å². The quantitative estimate of drug-likeness (QED) is 0.703. The second-order valence-corrected chi connectivity index (χ2v) is 4.90. The summed E-state index contributed by atoms with van der Waals surface area (Å²) < 4.78 is 0.693. The minimum Gasteiger partial charge on any atom is -0.312 e. The van der Waals surface area contributed by atoms with Gasteiger partial charge in [-0.1, -0.05) is 0 Å². The Hall–Kier alpha value is -1.46. The van der Waals surface area contributed by atoms with Gasteiger partial charge >= 0.3 is 0 Å². The van der Waals surface area contributed by atoms with Crippen molar-refractivity contribution in [2.24, 2.45) is 0 Å². The van der Waals surface area contributed by atoms with E-state index in [1.54, 1.807) is 11.3 Å².